The molecule has 162 valence electrons. The molecular weight excluding hydrogens is 380 g/mol. The molecule has 0 saturated heterocycles. The normalized spacial score (nSPS) is 11.0. The lowest BCUT2D eigenvalue weighted by Gasteiger charge is -2.13. The van der Waals surface area contributed by atoms with Gasteiger partial charge in [-0.25, -0.2) is 4.99 Å². The first kappa shape index (κ1) is 23.1. The van der Waals surface area contributed by atoms with Crippen molar-refractivity contribution >= 4 is 17.6 Å². The van der Waals surface area contributed by atoms with Gasteiger partial charge in [-0.15, -0.1) is 0 Å². The van der Waals surface area contributed by atoms with Crippen molar-refractivity contribution in [2.45, 2.75) is 26.7 Å². The number of rotatable bonds is 10. The molecule has 0 aromatic heterocycles. The van der Waals surface area contributed by atoms with Crippen LogP contribution in [0.5, 0.6) is 11.5 Å². The molecule has 2 rings (SSSR count). The molecule has 2 aromatic carbocycles. The predicted octanol–water partition coefficient (Wildman–Crippen LogP) is 3.00. The van der Waals surface area contributed by atoms with Crippen molar-refractivity contribution in [1.29, 1.82) is 0 Å². The third-order valence-corrected chi connectivity index (χ3v) is 4.50. The third kappa shape index (κ3) is 7.31. The lowest BCUT2D eigenvalue weighted by atomic mass is 10.1. The van der Waals surface area contributed by atoms with E-state index in [1.54, 1.807) is 14.2 Å². The fourth-order valence-corrected chi connectivity index (χ4v) is 2.92. The van der Waals surface area contributed by atoms with E-state index in [2.05, 4.69) is 27.9 Å². The molecule has 0 saturated carbocycles. The highest BCUT2D eigenvalue weighted by Crippen LogP contribution is 2.27. The topological polar surface area (TPSA) is 84.0 Å². The summed E-state index contributed by atoms with van der Waals surface area (Å²) in [4.78, 5) is 16.6. The van der Waals surface area contributed by atoms with Crippen molar-refractivity contribution in [3.05, 3.63) is 53.6 Å². The van der Waals surface area contributed by atoms with E-state index < -0.39 is 0 Å². The number of ether oxygens (including phenoxy) is 2. The Morgan fingerprint density at radius 1 is 0.967 bits per heavy atom. The summed E-state index contributed by atoms with van der Waals surface area (Å²) in [5.41, 5.74) is 3.09. The van der Waals surface area contributed by atoms with Gasteiger partial charge in [0.05, 0.1) is 14.2 Å². The Hall–Kier alpha value is -3.22. The number of benzene rings is 2. The largest absolute Gasteiger partial charge is 0.493 e. The number of carbonyl (C=O) groups excluding carboxylic acids is 1. The number of aryl methyl sites for hydroxylation is 1. The van der Waals surface area contributed by atoms with Gasteiger partial charge >= 0.3 is 0 Å². The molecule has 0 radical (unpaired) electrons. The number of anilines is 1. The molecule has 0 aliphatic rings. The van der Waals surface area contributed by atoms with Gasteiger partial charge in [0.15, 0.2) is 17.5 Å². The van der Waals surface area contributed by atoms with Crippen LogP contribution < -0.4 is 25.4 Å². The Bertz CT molecular complexity index is 852. The van der Waals surface area contributed by atoms with Crippen LogP contribution in [-0.4, -0.2) is 45.7 Å². The van der Waals surface area contributed by atoms with Crippen molar-refractivity contribution in [2.24, 2.45) is 4.99 Å². The van der Waals surface area contributed by atoms with E-state index in [-0.39, 0.29) is 12.5 Å². The Labute approximate surface area is 178 Å². The molecule has 0 spiro atoms. The first-order chi connectivity index (χ1) is 14.6. The average Bonchev–Trinajstić information content (AvgIpc) is 2.77. The van der Waals surface area contributed by atoms with Crippen LogP contribution in [-0.2, 0) is 17.6 Å². The summed E-state index contributed by atoms with van der Waals surface area (Å²) in [5.74, 6) is 1.87. The lowest BCUT2D eigenvalue weighted by Crippen LogP contribution is -2.39. The van der Waals surface area contributed by atoms with Gasteiger partial charge in [0.1, 0.15) is 6.54 Å². The van der Waals surface area contributed by atoms with Crippen molar-refractivity contribution in [2.75, 3.05) is 39.2 Å². The summed E-state index contributed by atoms with van der Waals surface area (Å²) < 4.78 is 10.6. The summed E-state index contributed by atoms with van der Waals surface area (Å²) in [6, 6.07) is 13.7. The van der Waals surface area contributed by atoms with Crippen molar-refractivity contribution in [3.8, 4) is 11.5 Å². The second-order valence-corrected chi connectivity index (χ2v) is 6.66. The highest BCUT2D eigenvalue weighted by molar-refractivity contribution is 5.94. The van der Waals surface area contributed by atoms with Crippen LogP contribution in [0.15, 0.2) is 47.5 Å². The van der Waals surface area contributed by atoms with E-state index in [4.69, 9.17) is 9.47 Å². The van der Waals surface area contributed by atoms with E-state index >= 15 is 0 Å². The van der Waals surface area contributed by atoms with Gasteiger partial charge in [-0.1, -0.05) is 25.1 Å². The molecule has 7 heteroatoms. The van der Waals surface area contributed by atoms with Gasteiger partial charge in [0, 0.05) is 18.8 Å². The zero-order valence-electron chi connectivity index (χ0n) is 18.2. The summed E-state index contributed by atoms with van der Waals surface area (Å²) >= 11 is 0. The fraction of sp³-hybridized carbons (Fsp3) is 0.391. The van der Waals surface area contributed by atoms with Crippen LogP contribution >= 0.6 is 0 Å². The molecule has 2 aromatic rings. The molecule has 7 nitrogen and oxygen atoms in total. The number of methoxy groups -OCH3 is 2. The Morgan fingerprint density at radius 3 is 2.47 bits per heavy atom. The Morgan fingerprint density at radius 2 is 1.77 bits per heavy atom. The summed E-state index contributed by atoms with van der Waals surface area (Å²) in [6.45, 7) is 5.50. The SMILES string of the molecule is CCNC(=NCC(=O)Nc1cccc(CC)c1)NCCc1ccc(OC)c(OC)c1. The van der Waals surface area contributed by atoms with Crippen LogP contribution in [0.3, 0.4) is 0 Å². The molecule has 0 bridgehead atoms. The smallest absolute Gasteiger partial charge is 0.246 e. The zero-order chi connectivity index (χ0) is 21.8. The summed E-state index contributed by atoms with van der Waals surface area (Å²) in [7, 11) is 3.24. The number of amides is 1. The van der Waals surface area contributed by atoms with Crippen molar-refractivity contribution < 1.29 is 14.3 Å². The van der Waals surface area contributed by atoms with Gasteiger partial charge in [0.25, 0.3) is 0 Å². The van der Waals surface area contributed by atoms with E-state index in [0.717, 1.165) is 24.1 Å². The maximum atomic E-state index is 12.2. The molecule has 0 aliphatic carbocycles. The van der Waals surface area contributed by atoms with Crippen LogP contribution in [0.2, 0.25) is 0 Å². The number of carbonyl (C=O) groups is 1. The van der Waals surface area contributed by atoms with E-state index in [1.807, 2.05) is 49.4 Å². The number of aliphatic imine (C=N–C) groups is 1. The summed E-state index contributed by atoms with van der Waals surface area (Å²) in [5, 5.41) is 9.31. The maximum absolute atomic E-state index is 12.2. The standard InChI is InChI=1S/C23H32N4O3/c1-5-17-8-7-9-19(14-17)27-22(28)16-26-23(24-6-2)25-13-12-18-10-11-20(29-3)21(15-18)30-4/h7-11,14-15H,5-6,12-13,16H2,1-4H3,(H,27,28)(H2,24,25,26). The molecular formula is C23H32N4O3. The average molecular weight is 413 g/mol. The molecule has 0 atom stereocenters. The third-order valence-electron chi connectivity index (χ3n) is 4.50. The van der Waals surface area contributed by atoms with Gasteiger partial charge in [0.2, 0.25) is 5.91 Å². The van der Waals surface area contributed by atoms with Gasteiger partial charge in [-0.3, -0.25) is 4.79 Å². The number of guanidine groups is 1. The molecule has 3 N–H and O–H groups in total. The van der Waals surface area contributed by atoms with Crippen LogP contribution in [0.25, 0.3) is 0 Å². The zero-order valence-corrected chi connectivity index (χ0v) is 18.2. The van der Waals surface area contributed by atoms with Gasteiger partial charge in [-0.2, -0.15) is 0 Å². The Kier molecular flexibility index (Phi) is 9.51. The lowest BCUT2D eigenvalue weighted by molar-refractivity contribution is -0.114. The molecule has 0 unspecified atom stereocenters. The predicted molar refractivity (Wildman–Crippen MR) is 122 cm³/mol. The van der Waals surface area contributed by atoms with Crippen LogP contribution in [0, 0.1) is 0 Å². The van der Waals surface area contributed by atoms with Crippen molar-refractivity contribution in [1.82, 2.24) is 10.6 Å². The number of hydrogen-bond donors (Lipinski definition) is 3. The van der Waals surface area contributed by atoms with Crippen molar-refractivity contribution in [3.63, 3.8) is 0 Å². The maximum Gasteiger partial charge on any atom is 0.246 e. The summed E-state index contributed by atoms with van der Waals surface area (Å²) in [6.07, 6.45) is 1.71. The molecule has 1 amide bonds. The van der Waals surface area contributed by atoms with Crippen LogP contribution in [0.4, 0.5) is 5.69 Å². The Balaban J connectivity index is 1.88. The van der Waals surface area contributed by atoms with Crippen LogP contribution in [0.1, 0.15) is 25.0 Å². The molecule has 0 fully saturated rings. The minimum absolute atomic E-state index is 0.0437. The molecule has 0 heterocycles. The monoisotopic (exact) mass is 412 g/mol. The minimum Gasteiger partial charge on any atom is -0.493 e. The van der Waals surface area contributed by atoms with E-state index in [9.17, 15) is 4.79 Å². The van der Waals surface area contributed by atoms with Gasteiger partial charge < -0.3 is 25.4 Å². The number of nitrogens with zero attached hydrogens (tertiary/aromatic N) is 1. The minimum atomic E-state index is -0.152. The quantitative estimate of drug-likeness (QED) is 0.413. The second kappa shape index (κ2) is 12.4. The molecule has 30 heavy (non-hydrogen) atoms. The van der Waals surface area contributed by atoms with E-state index in [1.165, 1.54) is 5.56 Å². The van der Waals surface area contributed by atoms with Gasteiger partial charge in [-0.05, 0) is 55.2 Å². The number of nitrogens with one attached hydrogen (secondary N) is 3. The fourth-order valence-electron chi connectivity index (χ4n) is 2.92. The van der Waals surface area contributed by atoms with E-state index in [0.29, 0.717) is 30.5 Å². The molecule has 0 aliphatic heterocycles. The highest BCUT2D eigenvalue weighted by Gasteiger charge is 2.06. The first-order valence-corrected chi connectivity index (χ1v) is 10.2. The highest BCUT2D eigenvalue weighted by atomic mass is 16.5. The number of hydrogen-bond acceptors (Lipinski definition) is 4. The first-order valence-electron chi connectivity index (χ1n) is 10.2. The second-order valence-electron chi connectivity index (χ2n) is 6.66.